The highest BCUT2D eigenvalue weighted by molar-refractivity contribution is 6.09. The second-order valence-corrected chi connectivity index (χ2v) is 9.27. The van der Waals surface area contributed by atoms with E-state index < -0.39 is 5.54 Å². The molecule has 5 rings (SSSR count). The van der Waals surface area contributed by atoms with Gasteiger partial charge in [0.2, 0.25) is 0 Å². The van der Waals surface area contributed by atoms with Gasteiger partial charge in [-0.05, 0) is 41.2 Å². The number of rotatable bonds is 9. The standard InChI is InChI=1S/C32H29N3O2/c33-31-34-32(27-17-6-2-7-18-27,28-19-8-3-9-20-28)30(37)35(31)23-25-15-10-16-26(22-25)29(36)21-11-14-24-12-4-1-5-13-24/h1-10,12-13,15-20,22H,11,14,21,23H2,(H2,33,34). The molecule has 4 aromatic carbocycles. The minimum atomic E-state index is -1.24. The third kappa shape index (κ3) is 4.94. The SMILES string of the molecule is NC1=NC(c2ccccc2)(c2ccccc2)C(=O)N1Cc1cccc(C(=O)CCCc2ccccc2)c1. The predicted molar refractivity (Wildman–Crippen MR) is 146 cm³/mol. The van der Waals surface area contributed by atoms with Crippen LogP contribution in [0.4, 0.5) is 0 Å². The Morgan fingerprint density at radius 2 is 1.32 bits per heavy atom. The van der Waals surface area contributed by atoms with E-state index in [4.69, 9.17) is 10.7 Å². The fraction of sp³-hybridized carbons (Fsp3) is 0.156. The highest BCUT2D eigenvalue weighted by atomic mass is 16.2. The predicted octanol–water partition coefficient (Wildman–Crippen LogP) is 5.49. The van der Waals surface area contributed by atoms with Crippen molar-refractivity contribution in [3.8, 4) is 0 Å². The molecular formula is C32H29N3O2. The zero-order valence-corrected chi connectivity index (χ0v) is 20.6. The summed E-state index contributed by atoms with van der Waals surface area (Å²) in [6.07, 6.45) is 2.12. The van der Waals surface area contributed by atoms with Crippen LogP contribution in [0.25, 0.3) is 0 Å². The first kappa shape index (κ1) is 24.2. The zero-order valence-electron chi connectivity index (χ0n) is 20.6. The van der Waals surface area contributed by atoms with E-state index in [2.05, 4.69) is 12.1 Å². The minimum absolute atomic E-state index is 0.0927. The number of carbonyl (C=O) groups excluding carboxylic acids is 2. The summed E-state index contributed by atoms with van der Waals surface area (Å²) in [4.78, 5) is 33.2. The molecular weight excluding hydrogens is 458 g/mol. The lowest BCUT2D eigenvalue weighted by atomic mass is 9.83. The first-order valence-corrected chi connectivity index (χ1v) is 12.5. The number of hydrogen-bond donors (Lipinski definition) is 1. The van der Waals surface area contributed by atoms with Crippen LogP contribution in [-0.2, 0) is 23.3 Å². The van der Waals surface area contributed by atoms with Crippen molar-refractivity contribution < 1.29 is 9.59 Å². The van der Waals surface area contributed by atoms with E-state index >= 15 is 0 Å². The third-order valence-electron chi connectivity index (χ3n) is 6.80. The average Bonchev–Trinajstić information content (AvgIpc) is 3.20. The molecule has 1 amide bonds. The van der Waals surface area contributed by atoms with Crippen molar-refractivity contribution in [1.29, 1.82) is 0 Å². The average molecular weight is 488 g/mol. The van der Waals surface area contributed by atoms with E-state index in [0.717, 1.165) is 29.5 Å². The Kier molecular flexibility index (Phi) is 6.95. The monoisotopic (exact) mass is 487 g/mol. The van der Waals surface area contributed by atoms with Crippen molar-refractivity contribution in [2.45, 2.75) is 31.3 Å². The van der Waals surface area contributed by atoms with Crippen LogP contribution in [0, 0.1) is 0 Å². The molecule has 184 valence electrons. The number of guanidine groups is 1. The van der Waals surface area contributed by atoms with E-state index in [1.54, 1.807) is 0 Å². The molecule has 0 bridgehead atoms. The van der Waals surface area contributed by atoms with Crippen LogP contribution in [0.5, 0.6) is 0 Å². The first-order valence-electron chi connectivity index (χ1n) is 12.5. The van der Waals surface area contributed by atoms with Gasteiger partial charge in [-0.3, -0.25) is 14.5 Å². The lowest BCUT2D eigenvalue weighted by Gasteiger charge is -2.27. The second kappa shape index (κ2) is 10.6. The Labute approximate surface area is 217 Å². The maximum atomic E-state index is 14.0. The fourth-order valence-corrected chi connectivity index (χ4v) is 4.90. The lowest BCUT2D eigenvalue weighted by Crippen LogP contribution is -2.43. The quantitative estimate of drug-likeness (QED) is 0.317. The summed E-state index contributed by atoms with van der Waals surface area (Å²) < 4.78 is 0. The van der Waals surface area contributed by atoms with Crippen molar-refractivity contribution in [1.82, 2.24) is 4.90 Å². The summed E-state index contributed by atoms with van der Waals surface area (Å²) in [5, 5.41) is 0. The van der Waals surface area contributed by atoms with Crippen LogP contribution in [0.2, 0.25) is 0 Å². The van der Waals surface area contributed by atoms with E-state index in [9.17, 15) is 9.59 Å². The van der Waals surface area contributed by atoms with Crippen LogP contribution < -0.4 is 5.73 Å². The molecule has 5 heteroatoms. The molecule has 37 heavy (non-hydrogen) atoms. The Bertz CT molecular complexity index is 1380. The summed E-state index contributed by atoms with van der Waals surface area (Å²) in [5.41, 5.74) is 9.36. The Hall–Kier alpha value is -4.51. The number of hydrogen-bond acceptors (Lipinski definition) is 4. The van der Waals surface area contributed by atoms with Crippen molar-refractivity contribution in [2.24, 2.45) is 10.7 Å². The Morgan fingerprint density at radius 3 is 1.95 bits per heavy atom. The highest BCUT2D eigenvalue weighted by Crippen LogP contribution is 2.40. The summed E-state index contributed by atoms with van der Waals surface area (Å²) >= 11 is 0. The minimum Gasteiger partial charge on any atom is -0.369 e. The second-order valence-electron chi connectivity index (χ2n) is 9.27. The van der Waals surface area contributed by atoms with E-state index in [-0.39, 0.29) is 24.2 Å². The molecule has 0 fully saturated rings. The smallest absolute Gasteiger partial charge is 0.266 e. The van der Waals surface area contributed by atoms with Gasteiger partial charge in [0, 0.05) is 12.0 Å². The molecule has 0 atom stereocenters. The molecule has 0 spiro atoms. The van der Waals surface area contributed by atoms with E-state index in [1.807, 2.05) is 103 Å². The number of nitrogens with zero attached hydrogens (tertiary/aromatic N) is 2. The molecule has 1 aliphatic heterocycles. The molecule has 0 radical (unpaired) electrons. The maximum absolute atomic E-state index is 14.0. The largest absolute Gasteiger partial charge is 0.369 e. The normalized spacial score (nSPS) is 14.4. The van der Waals surface area contributed by atoms with Crippen LogP contribution in [0.3, 0.4) is 0 Å². The van der Waals surface area contributed by atoms with Crippen LogP contribution in [0.1, 0.15) is 45.5 Å². The zero-order chi connectivity index (χ0) is 25.7. The Balaban J connectivity index is 1.35. The summed E-state index contributed by atoms with van der Waals surface area (Å²) in [6, 6.07) is 36.7. The van der Waals surface area contributed by atoms with Gasteiger partial charge in [-0.1, -0.05) is 109 Å². The number of aliphatic imine (C=N–C) groups is 1. The molecule has 2 N–H and O–H groups in total. The summed E-state index contributed by atoms with van der Waals surface area (Å²) in [7, 11) is 0. The first-order chi connectivity index (χ1) is 18.1. The summed E-state index contributed by atoms with van der Waals surface area (Å²) in [5.74, 6) is 0.0503. The van der Waals surface area contributed by atoms with Gasteiger partial charge < -0.3 is 5.73 Å². The van der Waals surface area contributed by atoms with Gasteiger partial charge in [-0.25, -0.2) is 4.99 Å². The maximum Gasteiger partial charge on any atom is 0.266 e. The summed E-state index contributed by atoms with van der Waals surface area (Å²) in [6.45, 7) is 0.237. The van der Waals surface area contributed by atoms with Crippen molar-refractivity contribution >= 4 is 17.6 Å². The topological polar surface area (TPSA) is 75.8 Å². The molecule has 0 saturated carbocycles. The van der Waals surface area contributed by atoms with Gasteiger partial charge in [-0.15, -0.1) is 0 Å². The highest BCUT2D eigenvalue weighted by Gasteiger charge is 2.50. The van der Waals surface area contributed by atoms with Crippen LogP contribution >= 0.6 is 0 Å². The van der Waals surface area contributed by atoms with Crippen molar-refractivity contribution in [3.63, 3.8) is 0 Å². The van der Waals surface area contributed by atoms with E-state index in [0.29, 0.717) is 12.0 Å². The van der Waals surface area contributed by atoms with E-state index in [1.165, 1.54) is 10.5 Å². The van der Waals surface area contributed by atoms with Gasteiger partial charge in [-0.2, -0.15) is 0 Å². The number of ketones is 1. The lowest BCUT2D eigenvalue weighted by molar-refractivity contribution is -0.130. The van der Waals surface area contributed by atoms with Gasteiger partial charge >= 0.3 is 0 Å². The van der Waals surface area contributed by atoms with Crippen molar-refractivity contribution in [2.75, 3.05) is 0 Å². The number of amides is 1. The Morgan fingerprint density at radius 1 is 0.757 bits per heavy atom. The van der Waals surface area contributed by atoms with Crippen molar-refractivity contribution in [3.05, 3.63) is 143 Å². The number of aryl methyl sites for hydroxylation is 1. The molecule has 4 aromatic rings. The van der Waals surface area contributed by atoms with Crippen LogP contribution in [0.15, 0.2) is 120 Å². The number of nitrogens with two attached hydrogens (primary N) is 1. The fourth-order valence-electron chi connectivity index (χ4n) is 4.90. The molecule has 0 aliphatic carbocycles. The third-order valence-corrected chi connectivity index (χ3v) is 6.80. The van der Waals surface area contributed by atoms with Gasteiger partial charge in [0.1, 0.15) is 0 Å². The number of benzene rings is 4. The number of carbonyl (C=O) groups is 2. The molecule has 5 nitrogen and oxygen atoms in total. The molecule has 1 aliphatic rings. The van der Waals surface area contributed by atoms with Gasteiger partial charge in [0.25, 0.3) is 5.91 Å². The number of Topliss-reactive ketones (excluding diaryl/α,β-unsaturated/α-hetero) is 1. The molecule has 1 heterocycles. The van der Waals surface area contributed by atoms with Gasteiger partial charge in [0.05, 0.1) is 6.54 Å². The van der Waals surface area contributed by atoms with Crippen LogP contribution in [-0.4, -0.2) is 22.5 Å². The molecule has 0 unspecified atom stereocenters. The molecule has 0 saturated heterocycles. The molecule has 0 aromatic heterocycles. The van der Waals surface area contributed by atoms with Gasteiger partial charge in [0.15, 0.2) is 17.3 Å².